The number of rotatable bonds is 7. The lowest BCUT2D eigenvalue weighted by atomic mass is 10.2. The normalized spacial score (nSPS) is 9.79. The standard InChI is InChI=1S/C14H20N2O3/c1-3-9-16-13(17)8-10-15-12-6-4-11(5-7-12)14(18)19-2/h4-7,15H,3,8-10H2,1-2H3,(H,16,17). The summed E-state index contributed by atoms with van der Waals surface area (Å²) in [5, 5.41) is 5.93. The molecule has 1 amide bonds. The summed E-state index contributed by atoms with van der Waals surface area (Å²) in [5.41, 5.74) is 1.38. The summed E-state index contributed by atoms with van der Waals surface area (Å²) in [6.07, 6.45) is 1.37. The smallest absolute Gasteiger partial charge is 0.337 e. The minimum atomic E-state index is -0.356. The number of carbonyl (C=O) groups excluding carboxylic acids is 2. The molecule has 0 aliphatic rings. The SMILES string of the molecule is CCCNC(=O)CCNc1ccc(C(=O)OC)cc1. The van der Waals surface area contributed by atoms with Gasteiger partial charge in [0.25, 0.3) is 0 Å². The van der Waals surface area contributed by atoms with Crippen molar-refractivity contribution in [2.24, 2.45) is 0 Å². The molecule has 2 N–H and O–H groups in total. The van der Waals surface area contributed by atoms with Crippen molar-refractivity contribution in [3.63, 3.8) is 0 Å². The molecular formula is C14H20N2O3. The number of benzene rings is 1. The second-order valence-corrected chi connectivity index (χ2v) is 4.10. The van der Waals surface area contributed by atoms with Crippen LogP contribution in [0.5, 0.6) is 0 Å². The fraction of sp³-hybridized carbons (Fsp3) is 0.429. The van der Waals surface area contributed by atoms with Gasteiger partial charge in [0, 0.05) is 25.2 Å². The van der Waals surface area contributed by atoms with Gasteiger partial charge >= 0.3 is 5.97 Å². The number of methoxy groups -OCH3 is 1. The molecule has 0 aliphatic heterocycles. The summed E-state index contributed by atoms with van der Waals surface area (Å²) in [6.45, 7) is 3.29. The van der Waals surface area contributed by atoms with E-state index in [4.69, 9.17) is 0 Å². The van der Waals surface area contributed by atoms with E-state index >= 15 is 0 Å². The lowest BCUT2D eigenvalue weighted by Crippen LogP contribution is -2.25. The molecule has 5 nitrogen and oxygen atoms in total. The topological polar surface area (TPSA) is 67.4 Å². The van der Waals surface area contributed by atoms with E-state index in [0.29, 0.717) is 25.1 Å². The van der Waals surface area contributed by atoms with Crippen LogP contribution in [-0.2, 0) is 9.53 Å². The number of anilines is 1. The van der Waals surface area contributed by atoms with Gasteiger partial charge in [0.2, 0.25) is 5.91 Å². The average Bonchev–Trinajstić information content (AvgIpc) is 2.45. The summed E-state index contributed by atoms with van der Waals surface area (Å²) in [4.78, 5) is 22.6. The van der Waals surface area contributed by atoms with Gasteiger partial charge in [-0.1, -0.05) is 6.92 Å². The van der Waals surface area contributed by atoms with Gasteiger partial charge in [-0.15, -0.1) is 0 Å². The van der Waals surface area contributed by atoms with Crippen molar-refractivity contribution < 1.29 is 14.3 Å². The summed E-state index contributed by atoms with van der Waals surface area (Å²) in [5.74, 6) is -0.314. The van der Waals surface area contributed by atoms with Crippen LogP contribution in [0.2, 0.25) is 0 Å². The Bertz CT molecular complexity index is 415. The zero-order valence-corrected chi connectivity index (χ0v) is 11.4. The minimum Gasteiger partial charge on any atom is -0.465 e. The van der Waals surface area contributed by atoms with Gasteiger partial charge in [-0.25, -0.2) is 4.79 Å². The molecule has 0 aromatic heterocycles. The van der Waals surface area contributed by atoms with Crippen LogP contribution >= 0.6 is 0 Å². The van der Waals surface area contributed by atoms with E-state index in [0.717, 1.165) is 12.1 Å². The van der Waals surface area contributed by atoms with Crippen molar-refractivity contribution >= 4 is 17.6 Å². The third-order valence-electron chi connectivity index (χ3n) is 2.56. The van der Waals surface area contributed by atoms with E-state index in [9.17, 15) is 9.59 Å². The second kappa shape index (κ2) is 8.13. The molecule has 5 heteroatoms. The fourth-order valence-corrected chi connectivity index (χ4v) is 1.52. The maximum Gasteiger partial charge on any atom is 0.337 e. The van der Waals surface area contributed by atoms with Gasteiger partial charge in [0.05, 0.1) is 12.7 Å². The van der Waals surface area contributed by atoms with Gasteiger partial charge in [0.15, 0.2) is 0 Å². The molecule has 1 aromatic rings. The highest BCUT2D eigenvalue weighted by atomic mass is 16.5. The van der Waals surface area contributed by atoms with E-state index in [2.05, 4.69) is 15.4 Å². The predicted molar refractivity (Wildman–Crippen MR) is 74.2 cm³/mol. The highest BCUT2D eigenvalue weighted by molar-refractivity contribution is 5.89. The number of nitrogens with one attached hydrogen (secondary N) is 2. The van der Waals surface area contributed by atoms with Crippen LogP contribution in [0.4, 0.5) is 5.69 Å². The molecule has 0 atom stereocenters. The quantitative estimate of drug-likeness (QED) is 0.737. The van der Waals surface area contributed by atoms with Crippen molar-refractivity contribution in [1.29, 1.82) is 0 Å². The Morgan fingerprint density at radius 1 is 1.16 bits per heavy atom. The molecule has 0 bridgehead atoms. The molecule has 19 heavy (non-hydrogen) atoms. The summed E-state index contributed by atoms with van der Waals surface area (Å²) < 4.78 is 4.61. The maximum absolute atomic E-state index is 11.4. The monoisotopic (exact) mass is 264 g/mol. The van der Waals surface area contributed by atoms with Crippen molar-refractivity contribution in [2.45, 2.75) is 19.8 Å². The Labute approximate surface area is 113 Å². The number of carbonyl (C=O) groups is 2. The van der Waals surface area contributed by atoms with Gasteiger partial charge < -0.3 is 15.4 Å². The third kappa shape index (κ3) is 5.42. The summed E-state index contributed by atoms with van der Waals surface area (Å²) in [7, 11) is 1.35. The first-order chi connectivity index (χ1) is 9.17. The Balaban J connectivity index is 2.34. The first-order valence-corrected chi connectivity index (χ1v) is 6.36. The highest BCUT2D eigenvalue weighted by Crippen LogP contribution is 2.10. The van der Waals surface area contributed by atoms with Crippen LogP contribution in [0.1, 0.15) is 30.1 Å². The van der Waals surface area contributed by atoms with E-state index < -0.39 is 0 Å². The Hall–Kier alpha value is -2.04. The Morgan fingerprint density at radius 3 is 2.42 bits per heavy atom. The fourth-order valence-electron chi connectivity index (χ4n) is 1.52. The van der Waals surface area contributed by atoms with E-state index in [-0.39, 0.29) is 11.9 Å². The molecule has 0 heterocycles. The number of ether oxygens (including phenoxy) is 1. The second-order valence-electron chi connectivity index (χ2n) is 4.10. The molecule has 104 valence electrons. The summed E-state index contributed by atoms with van der Waals surface area (Å²) in [6, 6.07) is 6.95. The Kier molecular flexibility index (Phi) is 6.43. The average molecular weight is 264 g/mol. The maximum atomic E-state index is 11.4. The lowest BCUT2D eigenvalue weighted by Gasteiger charge is -2.07. The molecule has 0 radical (unpaired) electrons. The molecule has 0 spiro atoms. The number of amides is 1. The van der Waals surface area contributed by atoms with Gasteiger partial charge in [-0.2, -0.15) is 0 Å². The molecule has 0 aliphatic carbocycles. The van der Waals surface area contributed by atoms with Crippen LogP contribution in [0, 0.1) is 0 Å². The third-order valence-corrected chi connectivity index (χ3v) is 2.56. The largest absolute Gasteiger partial charge is 0.465 e. The molecule has 0 fully saturated rings. The van der Waals surface area contributed by atoms with E-state index in [1.54, 1.807) is 24.3 Å². The first kappa shape index (κ1) is 15.0. The molecular weight excluding hydrogens is 244 g/mol. The van der Waals surface area contributed by atoms with Gasteiger partial charge in [-0.05, 0) is 30.7 Å². The predicted octanol–water partition coefficient (Wildman–Crippen LogP) is 1.80. The molecule has 0 unspecified atom stereocenters. The molecule has 0 saturated heterocycles. The van der Waals surface area contributed by atoms with Crippen LogP contribution in [0.25, 0.3) is 0 Å². The van der Waals surface area contributed by atoms with Gasteiger partial charge in [0.1, 0.15) is 0 Å². The van der Waals surface area contributed by atoms with Crippen LogP contribution in [0.15, 0.2) is 24.3 Å². The zero-order valence-electron chi connectivity index (χ0n) is 11.4. The molecule has 0 saturated carbocycles. The van der Waals surface area contributed by atoms with Crippen molar-refractivity contribution in [2.75, 3.05) is 25.5 Å². The highest BCUT2D eigenvalue weighted by Gasteiger charge is 2.04. The van der Waals surface area contributed by atoms with Gasteiger partial charge in [-0.3, -0.25) is 4.79 Å². The number of hydrogen-bond acceptors (Lipinski definition) is 4. The van der Waals surface area contributed by atoms with E-state index in [1.165, 1.54) is 7.11 Å². The molecule has 1 rings (SSSR count). The Morgan fingerprint density at radius 2 is 1.84 bits per heavy atom. The lowest BCUT2D eigenvalue weighted by molar-refractivity contribution is -0.120. The van der Waals surface area contributed by atoms with E-state index in [1.807, 2.05) is 6.92 Å². The van der Waals surface area contributed by atoms with Crippen LogP contribution in [0.3, 0.4) is 0 Å². The number of esters is 1. The van der Waals surface area contributed by atoms with Crippen LogP contribution < -0.4 is 10.6 Å². The molecule has 1 aromatic carbocycles. The zero-order chi connectivity index (χ0) is 14.1. The van der Waals surface area contributed by atoms with Crippen LogP contribution in [-0.4, -0.2) is 32.1 Å². The van der Waals surface area contributed by atoms with Crippen molar-refractivity contribution in [3.8, 4) is 0 Å². The minimum absolute atomic E-state index is 0.0422. The van der Waals surface area contributed by atoms with Crippen molar-refractivity contribution in [1.82, 2.24) is 5.32 Å². The first-order valence-electron chi connectivity index (χ1n) is 6.36. The summed E-state index contributed by atoms with van der Waals surface area (Å²) >= 11 is 0. The number of hydrogen-bond donors (Lipinski definition) is 2. The van der Waals surface area contributed by atoms with Crippen molar-refractivity contribution in [3.05, 3.63) is 29.8 Å².